The lowest BCUT2D eigenvalue weighted by Gasteiger charge is -2.07. The Labute approximate surface area is 175 Å². The minimum absolute atomic E-state index is 0.633. The van der Waals surface area contributed by atoms with Crippen molar-refractivity contribution in [3.63, 3.8) is 0 Å². The lowest BCUT2D eigenvalue weighted by molar-refractivity contribution is 0.344. The van der Waals surface area contributed by atoms with E-state index in [0.29, 0.717) is 5.95 Å². The van der Waals surface area contributed by atoms with Gasteiger partial charge in [-0.15, -0.1) is 0 Å². The fourth-order valence-corrected chi connectivity index (χ4v) is 3.57. The van der Waals surface area contributed by atoms with E-state index in [4.69, 9.17) is 16.0 Å². The molecule has 0 saturated heterocycles. The maximum Gasteiger partial charge on any atom is 0.222 e. The summed E-state index contributed by atoms with van der Waals surface area (Å²) in [5.41, 5.74) is 3.03. The number of halogens is 1. The van der Waals surface area contributed by atoms with Crippen molar-refractivity contribution in [2.45, 2.75) is 19.2 Å². The number of anilines is 1. The second kappa shape index (κ2) is 9.96. The molecule has 0 fully saturated rings. The van der Waals surface area contributed by atoms with Crippen LogP contribution in [0.5, 0.6) is 0 Å². The lowest BCUT2D eigenvalue weighted by atomic mass is 10.1. The number of aromatic nitrogens is 2. The standard InChI is InChI=1S/C21H25ClN4OS/c1-15-4-5-16(10-20(15)22)17-11-24-21(25-12-17)23-8-9-28-14-19-7-6-18(27-19)13-26(2)3/h4-7,10-12H,8-9,13-14H2,1-3H3,(H,23,24,25). The molecule has 0 saturated carbocycles. The van der Waals surface area contributed by atoms with Crippen LogP contribution in [0, 0.1) is 6.92 Å². The number of hydrogen-bond acceptors (Lipinski definition) is 6. The Morgan fingerprint density at radius 1 is 1.07 bits per heavy atom. The molecule has 0 bridgehead atoms. The van der Waals surface area contributed by atoms with Gasteiger partial charge in [-0.1, -0.05) is 23.7 Å². The van der Waals surface area contributed by atoms with E-state index in [0.717, 1.165) is 57.8 Å². The zero-order valence-electron chi connectivity index (χ0n) is 16.4. The maximum absolute atomic E-state index is 6.20. The predicted octanol–water partition coefficient (Wildman–Crippen LogP) is 5.11. The smallest absolute Gasteiger partial charge is 0.222 e. The Morgan fingerprint density at radius 2 is 1.82 bits per heavy atom. The van der Waals surface area contributed by atoms with Crippen molar-refractivity contribution in [2.24, 2.45) is 0 Å². The topological polar surface area (TPSA) is 54.2 Å². The normalized spacial score (nSPS) is 11.2. The number of furan rings is 1. The summed E-state index contributed by atoms with van der Waals surface area (Å²) in [6.45, 7) is 3.61. The van der Waals surface area contributed by atoms with Gasteiger partial charge in [-0.3, -0.25) is 0 Å². The molecule has 0 spiro atoms. The van der Waals surface area contributed by atoms with Crippen molar-refractivity contribution >= 4 is 29.3 Å². The van der Waals surface area contributed by atoms with Crippen molar-refractivity contribution in [1.82, 2.24) is 14.9 Å². The van der Waals surface area contributed by atoms with Gasteiger partial charge < -0.3 is 14.6 Å². The summed E-state index contributed by atoms with van der Waals surface area (Å²) >= 11 is 8.02. The van der Waals surface area contributed by atoms with Crippen molar-refractivity contribution in [1.29, 1.82) is 0 Å². The fourth-order valence-electron chi connectivity index (χ4n) is 2.65. The van der Waals surface area contributed by atoms with E-state index in [2.05, 4.69) is 26.3 Å². The molecule has 7 heteroatoms. The van der Waals surface area contributed by atoms with Crippen LogP contribution in [0.25, 0.3) is 11.1 Å². The first-order chi connectivity index (χ1) is 13.5. The van der Waals surface area contributed by atoms with Gasteiger partial charge in [-0.25, -0.2) is 9.97 Å². The van der Waals surface area contributed by atoms with Gasteiger partial charge in [0.05, 0.1) is 12.3 Å². The van der Waals surface area contributed by atoms with E-state index in [-0.39, 0.29) is 0 Å². The third-order valence-electron chi connectivity index (χ3n) is 4.12. The molecule has 148 valence electrons. The third kappa shape index (κ3) is 5.99. The van der Waals surface area contributed by atoms with Gasteiger partial charge in [-0.2, -0.15) is 11.8 Å². The molecule has 0 amide bonds. The molecule has 5 nitrogen and oxygen atoms in total. The molecule has 1 N–H and O–H groups in total. The van der Waals surface area contributed by atoms with E-state index < -0.39 is 0 Å². The maximum atomic E-state index is 6.20. The summed E-state index contributed by atoms with van der Waals surface area (Å²) < 4.78 is 5.81. The van der Waals surface area contributed by atoms with E-state index in [1.54, 1.807) is 0 Å². The molecule has 0 aliphatic heterocycles. The molecule has 28 heavy (non-hydrogen) atoms. The van der Waals surface area contributed by atoms with Gasteiger partial charge in [0, 0.05) is 35.3 Å². The first-order valence-corrected chi connectivity index (χ1v) is 10.7. The van der Waals surface area contributed by atoms with Crippen LogP contribution in [-0.2, 0) is 12.3 Å². The molecule has 3 rings (SSSR count). The van der Waals surface area contributed by atoms with E-state index in [1.807, 2.05) is 69.4 Å². The highest BCUT2D eigenvalue weighted by Gasteiger charge is 2.05. The third-order valence-corrected chi connectivity index (χ3v) is 5.51. The quantitative estimate of drug-likeness (QED) is 0.489. The zero-order valence-corrected chi connectivity index (χ0v) is 18.0. The van der Waals surface area contributed by atoms with Crippen LogP contribution in [0.15, 0.2) is 47.1 Å². The van der Waals surface area contributed by atoms with Crippen LogP contribution in [0.3, 0.4) is 0 Å². The number of hydrogen-bond donors (Lipinski definition) is 1. The average Bonchev–Trinajstić information content (AvgIpc) is 3.11. The van der Waals surface area contributed by atoms with Crippen LogP contribution in [-0.4, -0.2) is 41.3 Å². The van der Waals surface area contributed by atoms with Crippen LogP contribution in [0.4, 0.5) is 5.95 Å². The number of thioether (sulfide) groups is 1. The van der Waals surface area contributed by atoms with Crippen LogP contribution >= 0.6 is 23.4 Å². The van der Waals surface area contributed by atoms with Gasteiger partial charge in [0.15, 0.2) is 0 Å². The SMILES string of the molecule is Cc1ccc(-c2cnc(NCCSCc3ccc(CN(C)C)o3)nc2)cc1Cl. The summed E-state index contributed by atoms with van der Waals surface area (Å²) in [5, 5.41) is 4.01. The fraction of sp³-hybridized carbons (Fsp3) is 0.333. The largest absolute Gasteiger partial charge is 0.464 e. The Balaban J connectivity index is 1.41. The van der Waals surface area contributed by atoms with Crippen LogP contribution in [0.2, 0.25) is 5.02 Å². The molecular formula is C21H25ClN4OS. The minimum atomic E-state index is 0.633. The number of aryl methyl sites for hydroxylation is 1. The van der Waals surface area contributed by atoms with Gasteiger partial charge in [0.25, 0.3) is 0 Å². The number of nitrogens with one attached hydrogen (secondary N) is 1. The molecule has 0 atom stereocenters. The Morgan fingerprint density at radius 3 is 2.54 bits per heavy atom. The summed E-state index contributed by atoms with van der Waals surface area (Å²) in [5.74, 6) is 4.46. The van der Waals surface area contributed by atoms with E-state index in [1.165, 1.54) is 0 Å². The van der Waals surface area contributed by atoms with Gasteiger partial charge >= 0.3 is 0 Å². The highest BCUT2D eigenvalue weighted by Crippen LogP contribution is 2.24. The second-order valence-electron chi connectivity index (χ2n) is 6.84. The van der Waals surface area contributed by atoms with Crippen molar-refractivity contribution < 1.29 is 4.42 Å². The second-order valence-corrected chi connectivity index (χ2v) is 8.36. The van der Waals surface area contributed by atoms with Gasteiger partial charge in [0.1, 0.15) is 11.5 Å². The van der Waals surface area contributed by atoms with Crippen LogP contribution < -0.4 is 5.32 Å². The highest BCUT2D eigenvalue weighted by atomic mass is 35.5. The predicted molar refractivity (Wildman–Crippen MR) is 118 cm³/mol. The molecule has 0 unspecified atom stereocenters. The summed E-state index contributed by atoms with van der Waals surface area (Å²) in [6, 6.07) is 10.1. The summed E-state index contributed by atoms with van der Waals surface area (Å²) in [7, 11) is 4.07. The lowest BCUT2D eigenvalue weighted by Crippen LogP contribution is -2.09. The first kappa shape index (κ1) is 20.7. The number of benzene rings is 1. The summed E-state index contributed by atoms with van der Waals surface area (Å²) in [6.07, 6.45) is 3.64. The molecule has 2 aromatic heterocycles. The number of rotatable bonds is 9. The Kier molecular flexibility index (Phi) is 7.36. The molecule has 1 aromatic carbocycles. The Hall–Kier alpha value is -2.02. The van der Waals surface area contributed by atoms with Gasteiger partial charge in [-0.05, 0) is 50.3 Å². The first-order valence-electron chi connectivity index (χ1n) is 9.14. The average molecular weight is 417 g/mol. The van der Waals surface area contributed by atoms with Gasteiger partial charge in [0.2, 0.25) is 5.95 Å². The molecule has 2 heterocycles. The minimum Gasteiger partial charge on any atom is -0.464 e. The zero-order chi connectivity index (χ0) is 19.9. The van der Waals surface area contributed by atoms with Crippen LogP contribution in [0.1, 0.15) is 17.1 Å². The monoisotopic (exact) mass is 416 g/mol. The van der Waals surface area contributed by atoms with E-state index in [9.17, 15) is 0 Å². The van der Waals surface area contributed by atoms with Crippen molar-refractivity contribution in [3.8, 4) is 11.1 Å². The Bertz CT molecular complexity index is 896. The molecule has 3 aromatic rings. The summed E-state index contributed by atoms with van der Waals surface area (Å²) in [4.78, 5) is 10.9. The highest BCUT2D eigenvalue weighted by molar-refractivity contribution is 7.98. The molecular weight excluding hydrogens is 392 g/mol. The number of nitrogens with zero attached hydrogens (tertiary/aromatic N) is 3. The van der Waals surface area contributed by atoms with Crippen molar-refractivity contribution in [2.75, 3.05) is 31.7 Å². The van der Waals surface area contributed by atoms with Crippen molar-refractivity contribution in [3.05, 3.63) is 64.8 Å². The molecule has 0 radical (unpaired) electrons. The van der Waals surface area contributed by atoms with E-state index >= 15 is 0 Å². The molecule has 0 aliphatic carbocycles. The molecule has 0 aliphatic rings.